The van der Waals surface area contributed by atoms with Crippen molar-refractivity contribution >= 4 is 5.91 Å². The molecule has 6 heteroatoms. The number of benzene rings is 2. The van der Waals surface area contributed by atoms with Gasteiger partial charge in [0.2, 0.25) is 0 Å². The van der Waals surface area contributed by atoms with Gasteiger partial charge in [-0.1, -0.05) is 50.2 Å². The van der Waals surface area contributed by atoms with Crippen molar-refractivity contribution in [1.29, 1.82) is 0 Å². The normalized spacial score (nSPS) is 15.8. The molecule has 0 fully saturated rings. The van der Waals surface area contributed by atoms with Crippen LogP contribution in [-0.2, 0) is 0 Å². The molecule has 1 aliphatic heterocycles. The average Bonchev–Trinajstić information content (AvgIpc) is 3.24. The van der Waals surface area contributed by atoms with Crippen LogP contribution in [0.3, 0.4) is 0 Å². The van der Waals surface area contributed by atoms with Gasteiger partial charge in [-0.15, -0.1) is 0 Å². The molecule has 1 unspecified atom stereocenters. The molecule has 0 spiro atoms. The van der Waals surface area contributed by atoms with E-state index in [1.807, 2.05) is 54.3 Å². The van der Waals surface area contributed by atoms with Crippen LogP contribution in [0.2, 0.25) is 0 Å². The maximum Gasteiger partial charge on any atom is 0.273 e. The fourth-order valence-electron chi connectivity index (χ4n) is 3.91. The molecule has 4 rings (SSSR count). The van der Waals surface area contributed by atoms with Gasteiger partial charge in [-0.2, -0.15) is 5.10 Å². The molecule has 1 aliphatic rings. The number of nitrogens with zero attached hydrogens (tertiary/aromatic N) is 2. The van der Waals surface area contributed by atoms with Gasteiger partial charge in [-0.3, -0.25) is 9.89 Å². The first kappa shape index (κ1) is 19.1. The second-order valence-electron chi connectivity index (χ2n) is 7.64. The molecule has 1 atom stereocenters. The molecule has 6 nitrogen and oxygen atoms in total. The van der Waals surface area contributed by atoms with Crippen LogP contribution in [0.4, 0.5) is 0 Å². The number of carbonyl (C=O) groups excluding carboxylic acids is 1. The Morgan fingerprint density at radius 3 is 2.66 bits per heavy atom. The molecule has 2 aromatic carbocycles. The number of fused-ring (bicyclic) bond motifs is 1. The summed E-state index contributed by atoms with van der Waals surface area (Å²) >= 11 is 0. The molecule has 0 radical (unpaired) electrons. The number of phenolic OH excluding ortho intramolecular Hbond substituents is 1. The number of phenols is 1. The van der Waals surface area contributed by atoms with E-state index in [0.29, 0.717) is 30.5 Å². The molecule has 29 heavy (non-hydrogen) atoms. The summed E-state index contributed by atoms with van der Waals surface area (Å²) in [6.45, 7) is 7.12. The zero-order valence-electron chi connectivity index (χ0n) is 16.8. The topological polar surface area (TPSA) is 78.5 Å². The van der Waals surface area contributed by atoms with Gasteiger partial charge in [0, 0.05) is 17.7 Å². The Labute approximate surface area is 170 Å². The average molecular weight is 391 g/mol. The Bertz CT molecular complexity index is 1030. The maximum atomic E-state index is 13.2. The molecule has 2 N–H and O–H groups in total. The molecule has 3 aromatic rings. The van der Waals surface area contributed by atoms with Crippen molar-refractivity contribution in [2.24, 2.45) is 5.92 Å². The van der Waals surface area contributed by atoms with E-state index in [0.717, 1.165) is 22.4 Å². The van der Waals surface area contributed by atoms with Gasteiger partial charge in [0.05, 0.1) is 18.3 Å². The van der Waals surface area contributed by atoms with E-state index >= 15 is 0 Å². The first-order valence-electron chi connectivity index (χ1n) is 9.91. The standard InChI is InChI=1S/C23H25N3O3/c1-4-29-18-12-16(10-11-17(18)27)22-19-20(15-8-6-5-7-9-15)24-25-21(19)23(28)26(22)13-14(2)3/h5-12,14,22,27H,4,13H2,1-3H3,(H,24,25). The third kappa shape index (κ3) is 3.35. The van der Waals surface area contributed by atoms with Gasteiger partial charge in [-0.25, -0.2) is 0 Å². The van der Waals surface area contributed by atoms with Gasteiger partial charge >= 0.3 is 0 Å². The van der Waals surface area contributed by atoms with Crippen LogP contribution in [0.25, 0.3) is 11.3 Å². The Morgan fingerprint density at radius 2 is 1.97 bits per heavy atom. The number of H-pyrrole nitrogens is 1. The summed E-state index contributed by atoms with van der Waals surface area (Å²) in [6.07, 6.45) is 0. The number of hydrogen-bond acceptors (Lipinski definition) is 4. The highest BCUT2D eigenvalue weighted by atomic mass is 16.5. The van der Waals surface area contributed by atoms with E-state index in [1.54, 1.807) is 6.07 Å². The zero-order valence-corrected chi connectivity index (χ0v) is 16.8. The van der Waals surface area contributed by atoms with E-state index < -0.39 is 0 Å². The fourth-order valence-corrected chi connectivity index (χ4v) is 3.91. The lowest BCUT2D eigenvalue weighted by Crippen LogP contribution is -2.32. The SMILES string of the molecule is CCOc1cc(C2c3c(-c4ccccc4)n[nH]c3C(=O)N2CC(C)C)ccc1O. The van der Waals surface area contributed by atoms with Crippen LogP contribution in [0.1, 0.15) is 48.4 Å². The number of hydrogen-bond donors (Lipinski definition) is 2. The highest BCUT2D eigenvalue weighted by Crippen LogP contribution is 2.44. The van der Waals surface area contributed by atoms with Crippen molar-refractivity contribution in [3.63, 3.8) is 0 Å². The summed E-state index contributed by atoms with van der Waals surface area (Å²) in [5.74, 6) is 0.757. The Balaban J connectivity index is 1.88. The number of aromatic hydroxyl groups is 1. The van der Waals surface area contributed by atoms with E-state index in [2.05, 4.69) is 24.0 Å². The Morgan fingerprint density at radius 1 is 1.21 bits per heavy atom. The van der Waals surface area contributed by atoms with Gasteiger partial charge in [0.25, 0.3) is 5.91 Å². The van der Waals surface area contributed by atoms with E-state index in [4.69, 9.17) is 4.74 Å². The fraction of sp³-hybridized carbons (Fsp3) is 0.304. The number of nitrogens with one attached hydrogen (secondary N) is 1. The summed E-state index contributed by atoms with van der Waals surface area (Å²) in [5.41, 5.74) is 4.02. The molecule has 0 saturated carbocycles. The predicted octanol–water partition coefficient (Wildman–Crippen LogP) is 4.38. The minimum atomic E-state index is -0.298. The van der Waals surface area contributed by atoms with Crippen LogP contribution in [0, 0.1) is 5.92 Å². The van der Waals surface area contributed by atoms with E-state index in [1.165, 1.54) is 0 Å². The first-order valence-corrected chi connectivity index (χ1v) is 9.91. The Hall–Kier alpha value is -3.28. The van der Waals surface area contributed by atoms with Crippen LogP contribution < -0.4 is 4.74 Å². The molecule has 0 aliphatic carbocycles. The minimum absolute atomic E-state index is 0.0561. The number of aromatic amines is 1. The van der Waals surface area contributed by atoms with Crippen LogP contribution in [0.5, 0.6) is 11.5 Å². The predicted molar refractivity (Wildman–Crippen MR) is 111 cm³/mol. The molecule has 1 amide bonds. The molecule has 0 bridgehead atoms. The van der Waals surface area contributed by atoms with Crippen molar-refractivity contribution in [2.75, 3.05) is 13.2 Å². The Kier molecular flexibility index (Phi) is 5.01. The van der Waals surface area contributed by atoms with Crippen molar-refractivity contribution in [3.8, 4) is 22.8 Å². The minimum Gasteiger partial charge on any atom is -0.504 e. The third-order valence-corrected chi connectivity index (χ3v) is 5.07. The zero-order chi connectivity index (χ0) is 20.5. The summed E-state index contributed by atoms with van der Waals surface area (Å²) in [6, 6.07) is 14.9. The van der Waals surface area contributed by atoms with Gasteiger partial charge in [0.1, 0.15) is 5.69 Å². The molecular weight excluding hydrogens is 366 g/mol. The summed E-state index contributed by atoms with van der Waals surface area (Å²) in [5, 5.41) is 17.6. The first-order chi connectivity index (χ1) is 14.0. The molecule has 2 heterocycles. The molecule has 150 valence electrons. The van der Waals surface area contributed by atoms with E-state index in [9.17, 15) is 9.90 Å². The van der Waals surface area contributed by atoms with Gasteiger partial charge in [0.15, 0.2) is 11.5 Å². The number of rotatable bonds is 6. The smallest absolute Gasteiger partial charge is 0.273 e. The van der Waals surface area contributed by atoms with Gasteiger partial charge < -0.3 is 14.7 Å². The number of aromatic nitrogens is 2. The molecule has 1 aromatic heterocycles. The number of amides is 1. The van der Waals surface area contributed by atoms with Crippen molar-refractivity contribution in [1.82, 2.24) is 15.1 Å². The van der Waals surface area contributed by atoms with Crippen molar-refractivity contribution < 1.29 is 14.6 Å². The second kappa shape index (κ2) is 7.62. The van der Waals surface area contributed by atoms with Crippen LogP contribution >= 0.6 is 0 Å². The summed E-state index contributed by atoms with van der Waals surface area (Å²) in [7, 11) is 0. The highest BCUT2D eigenvalue weighted by molar-refractivity contribution is 6.00. The van der Waals surface area contributed by atoms with Crippen molar-refractivity contribution in [3.05, 3.63) is 65.4 Å². The number of carbonyl (C=O) groups is 1. The van der Waals surface area contributed by atoms with Crippen molar-refractivity contribution in [2.45, 2.75) is 26.8 Å². The lowest BCUT2D eigenvalue weighted by Gasteiger charge is -2.28. The third-order valence-electron chi connectivity index (χ3n) is 5.07. The van der Waals surface area contributed by atoms with Gasteiger partial charge in [-0.05, 0) is 30.5 Å². The highest BCUT2D eigenvalue weighted by Gasteiger charge is 2.42. The lowest BCUT2D eigenvalue weighted by molar-refractivity contribution is 0.0722. The second-order valence-corrected chi connectivity index (χ2v) is 7.64. The van der Waals surface area contributed by atoms with Crippen LogP contribution in [0.15, 0.2) is 48.5 Å². The largest absolute Gasteiger partial charge is 0.504 e. The molecular formula is C23H25N3O3. The monoisotopic (exact) mass is 391 g/mol. The maximum absolute atomic E-state index is 13.2. The molecule has 0 saturated heterocycles. The summed E-state index contributed by atoms with van der Waals surface area (Å²) < 4.78 is 5.59. The number of ether oxygens (including phenoxy) is 1. The summed E-state index contributed by atoms with van der Waals surface area (Å²) in [4.78, 5) is 15.1. The quantitative estimate of drug-likeness (QED) is 0.654. The van der Waals surface area contributed by atoms with Crippen LogP contribution in [-0.4, -0.2) is 39.3 Å². The lowest BCUT2D eigenvalue weighted by atomic mass is 9.95. The van der Waals surface area contributed by atoms with E-state index in [-0.39, 0.29) is 17.7 Å².